The lowest BCUT2D eigenvalue weighted by Gasteiger charge is -2.24. The lowest BCUT2D eigenvalue weighted by atomic mass is 9.98. The smallest absolute Gasteiger partial charge is 0.468 e. The Bertz CT molecular complexity index is 1520. The number of alkyl halides is 1. The summed E-state index contributed by atoms with van der Waals surface area (Å²) in [7, 11) is -3.00. The Morgan fingerprint density at radius 3 is 2.63 bits per heavy atom. The first-order valence-electron chi connectivity index (χ1n) is 12.1. The van der Waals surface area contributed by atoms with Crippen molar-refractivity contribution in [1.29, 1.82) is 0 Å². The van der Waals surface area contributed by atoms with Crippen LogP contribution in [0.3, 0.4) is 0 Å². The number of ether oxygens (including phenoxy) is 2. The van der Waals surface area contributed by atoms with Crippen LogP contribution in [0.1, 0.15) is 25.1 Å². The summed E-state index contributed by atoms with van der Waals surface area (Å²) in [6, 6.07) is 6.28. The summed E-state index contributed by atoms with van der Waals surface area (Å²) in [4.78, 5) is 53.4. The fraction of sp³-hybridized carbons (Fsp3) is 0.417. The zero-order chi connectivity index (χ0) is 30.1. The van der Waals surface area contributed by atoms with E-state index in [1.165, 1.54) is 30.4 Å². The van der Waals surface area contributed by atoms with Gasteiger partial charge in [0.25, 0.3) is 5.56 Å². The Hall–Kier alpha value is -2.75. The maximum atomic E-state index is 15.6. The van der Waals surface area contributed by atoms with Crippen LogP contribution in [0.5, 0.6) is 5.75 Å². The van der Waals surface area contributed by atoms with E-state index in [1.807, 2.05) is 11.9 Å². The summed E-state index contributed by atoms with van der Waals surface area (Å²) in [6.07, 6.45) is -3.80. The van der Waals surface area contributed by atoms with Crippen LogP contribution in [0, 0.1) is 6.92 Å². The van der Waals surface area contributed by atoms with E-state index in [0.717, 1.165) is 35.9 Å². The number of carbonyl (C=O) groups excluding carboxylic acids is 1. The highest BCUT2D eigenvalue weighted by Crippen LogP contribution is 2.54. The van der Waals surface area contributed by atoms with Crippen molar-refractivity contribution in [2.75, 3.05) is 13.7 Å². The van der Waals surface area contributed by atoms with E-state index in [9.17, 15) is 24.4 Å². The van der Waals surface area contributed by atoms with Gasteiger partial charge in [-0.05, 0) is 45.0 Å². The number of esters is 1. The Morgan fingerprint density at radius 2 is 2.05 bits per heavy atom. The predicted molar refractivity (Wildman–Crippen MR) is 148 cm³/mol. The molecular weight excluding hydrogens is 606 g/mol. The molecule has 6 atom stereocenters. The molecule has 1 aliphatic heterocycles. The molecular formula is C24H28ClFN4O9PS+. The van der Waals surface area contributed by atoms with Crippen LogP contribution < -0.4 is 20.9 Å². The molecule has 0 aliphatic carbocycles. The van der Waals surface area contributed by atoms with Crippen molar-refractivity contribution in [3.05, 3.63) is 66.7 Å². The van der Waals surface area contributed by atoms with Crippen LogP contribution in [-0.4, -0.2) is 68.1 Å². The molecule has 1 aliphatic rings. The van der Waals surface area contributed by atoms with Gasteiger partial charge in [0.05, 0.1) is 12.1 Å². The van der Waals surface area contributed by atoms with Crippen molar-refractivity contribution in [2.24, 2.45) is 0 Å². The van der Waals surface area contributed by atoms with Gasteiger partial charge in [-0.1, -0.05) is 16.7 Å². The number of aliphatic hydroxyl groups is 1. The van der Waals surface area contributed by atoms with Crippen molar-refractivity contribution >= 4 is 37.0 Å². The molecule has 2 aromatic heterocycles. The highest BCUT2D eigenvalue weighted by molar-refractivity contribution is 7.59. The molecule has 41 heavy (non-hydrogen) atoms. The molecule has 0 saturated carbocycles. The number of methoxy groups -OCH3 is 1. The van der Waals surface area contributed by atoms with Crippen LogP contribution in [0.4, 0.5) is 4.39 Å². The highest BCUT2D eigenvalue weighted by atomic mass is 35.5. The number of H-pyrrole nitrogens is 1. The quantitative estimate of drug-likeness (QED) is 0.191. The number of aliphatic hydroxyl groups excluding tert-OH is 1. The molecule has 0 radical (unpaired) electrons. The maximum absolute atomic E-state index is 15.6. The number of halogens is 2. The fourth-order valence-electron chi connectivity index (χ4n) is 4.10. The van der Waals surface area contributed by atoms with Crippen molar-refractivity contribution in [2.45, 2.75) is 50.9 Å². The standard InChI is InChI=1S/C24H27ClFN4O9PS/c1-12(21(33)36-4)29-40(35,39-15-7-5-14(6-8-15)18-20(25)41-13(2)27-18)37-11-16-19(32)24(3,26)22(38-16)30-10-9-17(31)28-23(30)34/h5-10,12,16,19,22,29,32,35H,11H2,1-4H3/p+1/t12-,16+,19+,22+,24+,40?/m0/s1. The summed E-state index contributed by atoms with van der Waals surface area (Å²) in [5.41, 5.74) is -2.86. The topological polar surface area (TPSA) is 174 Å². The predicted octanol–water partition coefficient (Wildman–Crippen LogP) is 2.53. The Balaban J connectivity index is 1.54. The number of hydrogen-bond acceptors (Lipinski definition) is 12. The first-order chi connectivity index (χ1) is 19.2. The number of carbonyl (C=O) groups is 1. The average molecular weight is 634 g/mol. The van der Waals surface area contributed by atoms with Gasteiger partial charge >= 0.3 is 19.8 Å². The van der Waals surface area contributed by atoms with Gasteiger partial charge in [0.15, 0.2) is 17.6 Å². The molecule has 3 heterocycles. The van der Waals surface area contributed by atoms with E-state index >= 15 is 4.39 Å². The van der Waals surface area contributed by atoms with Gasteiger partial charge in [-0.15, -0.1) is 11.3 Å². The Kier molecular flexibility index (Phi) is 9.31. The highest BCUT2D eigenvalue weighted by Gasteiger charge is 2.57. The van der Waals surface area contributed by atoms with Crippen LogP contribution in [-0.2, 0) is 18.8 Å². The molecule has 1 aromatic carbocycles. The first kappa shape index (κ1) is 31.2. The molecule has 3 aromatic rings. The summed E-state index contributed by atoms with van der Waals surface area (Å²) in [5.74, 6) is -0.594. The number of thiazole rings is 1. The number of hydrogen-bond donors (Lipinski definition) is 4. The zero-order valence-corrected chi connectivity index (χ0v) is 24.7. The number of rotatable bonds is 10. The zero-order valence-electron chi connectivity index (χ0n) is 22.2. The van der Waals surface area contributed by atoms with Crippen LogP contribution in [0.15, 0.2) is 46.1 Å². The summed E-state index contributed by atoms with van der Waals surface area (Å²) in [6.45, 7) is 3.63. The normalized spacial score (nSPS) is 24.5. The van der Waals surface area contributed by atoms with Gasteiger partial charge in [0.1, 0.15) is 34.9 Å². The lowest BCUT2D eigenvalue weighted by molar-refractivity contribution is -0.142. The minimum absolute atomic E-state index is 0.137. The average Bonchev–Trinajstić information content (AvgIpc) is 3.36. The number of benzene rings is 1. The van der Waals surface area contributed by atoms with E-state index in [2.05, 4.69) is 10.1 Å². The molecule has 0 spiro atoms. The first-order valence-corrected chi connectivity index (χ1v) is 14.9. The van der Waals surface area contributed by atoms with Crippen molar-refractivity contribution in [3.8, 4) is 17.0 Å². The van der Waals surface area contributed by atoms with Gasteiger partial charge in [-0.25, -0.2) is 14.2 Å². The minimum atomic E-state index is -4.16. The molecule has 4 N–H and O–H groups in total. The third kappa shape index (κ3) is 6.84. The number of aromatic amines is 1. The molecule has 4 rings (SSSR count). The minimum Gasteiger partial charge on any atom is -0.468 e. The Morgan fingerprint density at radius 1 is 1.37 bits per heavy atom. The van der Waals surface area contributed by atoms with Crippen molar-refractivity contribution in [1.82, 2.24) is 19.6 Å². The number of nitrogens with one attached hydrogen (secondary N) is 2. The van der Waals surface area contributed by atoms with E-state index in [1.54, 1.807) is 12.1 Å². The van der Waals surface area contributed by atoms with E-state index in [-0.39, 0.29) is 5.75 Å². The lowest BCUT2D eigenvalue weighted by Crippen LogP contribution is -2.44. The van der Waals surface area contributed by atoms with Crippen molar-refractivity contribution in [3.63, 3.8) is 0 Å². The van der Waals surface area contributed by atoms with E-state index in [4.69, 9.17) is 30.1 Å². The largest absolute Gasteiger partial charge is 0.544 e. The van der Waals surface area contributed by atoms with Gasteiger partial charge in [-0.2, -0.15) is 9.42 Å². The molecule has 0 amide bonds. The van der Waals surface area contributed by atoms with E-state index < -0.39 is 62.1 Å². The second-order valence-electron chi connectivity index (χ2n) is 9.30. The monoisotopic (exact) mass is 633 g/mol. The molecule has 1 saturated heterocycles. The van der Waals surface area contributed by atoms with Gasteiger partial charge in [0.2, 0.25) is 0 Å². The number of aryl methyl sites for hydroxylation is 1. The second kappa shape index (κ2) is 12.2. The molecule has 17 heteroatoms. The molecule has 1 fully saturated rings. The fourth-order valence-corrected chi connectivity index (χ4v) is 6.77. The SMILES string of the molecule is COC(=O)[C@H](C)N[P+](O)(OC[C@H]1O[C@@H](n2ccc(=O)[nH]c2=O)[C@](C)(F)[C@@H]1O)Oc1ccc(-c2nc(C)sc2Cl)cc1. The summed E-state index contributed by atoms with van der Waals surface area (Å²) >= 11 is 7.58. The van der Waals surface area contributed by atoms with Gasteiger partial charge in [0, 0.05) is 17.8 Å². The van der Waals surface area contributed by atoms with Crippen LogP contribution >= 0.6 is 31.0 Å². The molecule has 13 nitrogen and oxygen atoms in total. The number of aromatic nitrogens is 3. The molecule has 0 bridgehead atoms. The second-order valence-corrected chi connectivity index (χ2v) is 12.8. The molecule has 1 unspecified atom stereocenters. The Labute approximate surface area is 242 Å². The molecule has 222 valence electrons. The van der Waals surface area contributed by atoms with Crippen LogP contribution in [0.2, 0.25) is 4.34 Å². The van der Waals surface area contributed by atoms with Crippen LogP contribution in [0.25, 0.3) is 11.3 Å². The summed E-state index contributed by atoms with van der Waals surface area (Å²) < 4.78 is 38.5. The van der Waals surface area contributed by atoms with E-state index in [0.29, 0.717) is 15.6 Å². The van der Waals surface area contributed by atoms with Gasteiger partial charge < -0.3 is 14.6 Å². The third-order valence-corrected chi connectivity index (χ3v) is 9.04. The third-order valence-electron chi connectivity index (χ3n) is 6.20. The summed E-state index contributed by atoms with van der Waals surface area (Å²) in [5, 5.41) is 14.0. The van der Waals surface area contributed by atoms with Gasteiger partial charge in [-0.3, -0.25) is 23.7 Å². The number of nitrogens with zero attached hydrogens (tertiary/aromatic N) is 2. The van der Waals surface area contributed by atoms with Crippen molar-refractivity contribution < 1.29 is 37.7 Å². The maximum Gasteiger partial charge on any atom is 0.544 e.